The molecule has 4 heteroatoms. The van der Waals surface area contributed by atoms with Crippen LogP contribution in [0.25, 0.3) is 6.08 Å². The Labute approximate surface area is 112 Å². The van der Waals surface area contributed by atoms with Gasteiger partial charge in [-0.15, -0.1) is 0 Å². The minimum atomic E-state index is -0.0682. The summed E-state index contributed by atoms with van der Waals surface area (Å²) in [6.45, 7) is 3.70. The highest BCUT2D eigenvalue weighted by atomic mass is 16.5. The van der Waals surface area contributed by atoms with Gasteiger partial charge in [0, 0.05) is 17.3 Å². The summed E-state index contributed by atoms with van der Waals surface area (Å²) in [5, 5.41) is 9.08. The number of aliphatic hydroxyl groups excluding tert-OH is 1. The first kappa shape index (κ1) is 13.2. The zero-order valence-electron chi connectivity index (χ0n) is 11.0. The van der Waals surface area contributed by atoms with Crippen molar-refractivity contribution in [2.45, 2.75) is 20.5 Å². The van der Waals surface area contributed by atoms with E-state index in [0.29, 0.717) is 11.3 Å². The Hall–Kier alpha value is -2.20. The van der Waals surface area contributed by atoms with Crippen LogP contribution in [0.15, 0.2) is 36.5 Å². The number of hydrogen-bond donors (Lipinski definition) is 1. The lowest BCUT2D eigenvalue weighted by atomic mass is 10.2. The fraction of sp³-hybridized carbons (Fsp3) is 0.200. The zero-order chi connectivity index (χ0) is 13.7. The summed E-state index contributed by atoms with van der Waals surface area (Å²) in [6.07, 6.45) is 5.49. The van der Waals surface area contributed by atoms with Crippen molar-refractivity contribution in [1.29, 1.82) is 0 Å². The van der Waals surface area contributed by atoms with Gasteiger partial charge in [-0.1, -0.05) is 30.4 Å². The summed E-state index contributed by atoms with van der Waals surface area (Å²) in [6, 6.07) is 7.96. The van der Waals surface area contributed by atoms with Gasteiger partial charge in [0.25, 0.3) is 0 Å². The monoisotopic (exact) mass is 256 g/mol. The maximum absolute atomic E-state index is 9.08. The normalized spacial score (nSPS) is 10.9. The maximum Gasteiger partial charge on any atom is 0.322 e. The number of para-hydroxylation sites is 1. The first-order valence-electron chi connectivity index (χ1n) is 6.07. The molecule has 0 spiro atoms. The summed E-state index contributed by atoms with van der Waals surface area (Å²) in [5.41, 5.74) is 2.39. The largest absolute Gasteiger partial charge is 0.424 e. The molecule has 1 aromatic carbocycles. The van der Waals surface area contributed by atoms with Crippen LogP contribution < -0.4 is 4.74 Å². The van der Waals surface area contributed by atoms with Crippen LogP contribution in [0.3, 0.4) is 0 Å². The molecule has 4 nitrogen and oxygen atoms in total. The molecule has 0 saturated heterocycles. The molecule has 0 unspecified atom stereocenters. The molecule has 1 heterocycles. The van der Waals surface area contributed by atoms with Crippen molar-refractivity contribution >= 4 is 6.08 Å². The van der Waals surface area contributed by atoms with Crippen molar-refractivity contribution in [2.75, 3.05) is 0 Å². The molecule has 0 aliphatic carbocycles. The van der Waals surface area contributed by atoms with E-state index >= 15 is 0 Å². The number of aromatic nitrogens is 2. The minimum absolute atomic E-state index is 0.0682. The molecule has 0 radical (unpaired) electrons. The molecule has 0 amide bonds. The van der Waals surface area contributed by atoms with Crippen LogP contribution in [0.2, 0.25) is 0 Å². The molecular weight excluding hydrogens is 240 g/mol. The van der Waals surface area contributed by atoms with Gasteiger partial charge in [-0.05, 0) is 19.9 Å². The zero-order valence-corrected chi connectivity index (χ0v) is 11.0. The molecule has 0 fully saturated rings. The van der Waals surface area contributed by atoms with Crippen molar-refractivity contribution in [3.63, 3.8) is 0 Å². The molecule has 1 aromatic heterocycles. The first-order chi connectivity index (χ1) is 9.24. The Morgan fingerprint density at radius 2 is 2.11 bits per heavy atom. The number of hydrogen-bond acceptors (Lipinski definition) is 4. The Bertz CT molecular complexity index is 594. The lowest BCUT2D eigenvalue weighted by molar-refractivity contribution is 0.279. The average Bonchev–Trinajstić information content (AvgIpc) is 2.41. The van der Waals surface area contributed by atoms with Gasteiger partial charge in [-0.25, -0.2) is 4.98 Å². The van der Waals surface area contributed by atoms with Crippen LogP contribution in [0.1, 0.15) is 23.7 Å². The standard InChI is InChI=1S/C15H16N2O2/c1-3-6-12-7-4-5-8-14(12)19-15-16-9-13(10-18)11(2)17-15/h3-9,18H,10H2,1-2H3/b6-3+. The van der Waals surface area contributed by atoms with E-state index in [-0.39, 0.29) is 12.6 Å². The van der Waals surface area contributed by atoms with Gasteiger partial charge in [0.05, 0.1) is 12.3 Å². The van der Waals surface area contributed by atoms with E-state index in [1.165, 1.54) is 0 Å². The number of rotatable bonds is 4. The summed E-state index contributed by atoms with van der Waals surface area (Å²) in [7, 11) is 0. The third-order valence-corrected chi connectivity index (χ3v) is 2.70. The summed E-state index contributed by atoms with van der Waals surface area (Å²) >= 11 is 0. The molecule has 98 valence electrons. The Morgan fingerprint density at radius 1 is 1.32 bits per heavy atom. The van der Waals surface area contributed by atoms with Gasteiger partial charge in [0.1, 0.15) is 5.75 Å². The van der Waals surface area contributed by atoms with Crippen LogP contribution in [0, 0.1) is 6.92 Å². The first-order valence-corrected chi connectivity index (χ1v) is 6.07. The minimum Gasteiger partial charge on any atom is -0.424 e. The number of nitrogens with zero attached hydrogens (tertiary/aromatic N) is 2. The van der Waals surface area contributed by atoms with Crippen molar-refractivity contribution in [3.8, 4) is 11.8 Å². The quantitative estimate of drug-likeness (QED) is 0.913. The van der Waals surface area contributed by atoms with Gasteiger partial charge in [0.2, 0.25) is 0 Å². The molecular formula is C15H16N2O2. The number of aryl methyl sites for hydroxylation is 1. The lowest BCUT2D eigenvalue weighted by Gasteiger charge is -2.08. The smallest absolute Gasteiger partial charge is 0.322 e. The molecule has 0 aliphatic heterocycles. The van der Waals surface area contributed by atoms with Crippen LogP contribution in [-0.2, 0) is 6.61 Å². The second kappa shape index (κ2) is 6.11. The summed E-state index contributed by atoms with van der Waals surface area (Å²) in [4.78, 5) is 8.31. The predicted molar refractivity (Wildman–Crippen MR) is 73.9 cm³/mol. The van der Waals surface area contributed by atoms with Crippen LogP contribution >= 0.6 is 0 Å². The van der Waals surface area contributed by atoms with E-state index in [9.17, 15) is 0 Å². The SMILES string of the molecule is C/C=C/c1ccccc1Oc1ncc(CO)c(C)n1. The Balaban J connectivity index is 2.28. The third-order valence-electron chi connectivity index (χ3n) is 2.70. The number of ether oxygens (including phenoxy) is 1. The highest BCUT2D eigenvalue weighted by Crippen LogP contribution is 2.24. The average molecular weight is 256 g/mol. The van der Waals surface area contributed by atoms with Gasteiger partial charge in [-0.2, -0.15) is 4.98 Å². The van der Waals surface area contributed by atoms with Gasteiger partial charge >= 0.3 is 6.01 Å². The lowest BCUT2D eigenvalue weighted by Crippen LogP contribution is -1.99. The van der Waals surface area contributed by atoms with E-state index in [1.54, 1.807) is 6.20 Å². The molecule has 0 bridgehead atoms. The van der Waals surface area contributed by atoms with Crippen molar-refractivity contribution in [3.05, 3.63) is 53.4 Å². The summed E-state index contributed by atoms with van der Waals surface area (Å²) < 4.78 is 5.69. The Kier molecular flexibility index (Phi) is 4.26. The third kappa shape index (κ3) is 3.17. The van der Waals surface area contributed by atoms with E-state index in [0.717, 1.165) is 11.3 Å². The topological polar surface area (TPSA) is 55.2 Å². The number of benzene rings is 1. The van der Waals surface area contributed by atoms with E-state index in [4.69, 9.17) is 9.84 Å². The molecule has 1 N–H and O–H groups in total. The van der Waals surface area contributed by atoms with Crippen molar-refractivity contribution < 1.29 is 9.84 Å². The molecule has 0 aliphatic rings. The van der Waals surface area contributed by atoms with E-state index < -0.39 is 0 Å². The molecule has 2 aromatic rings. The maximum atomic E-state index is 9.08. The van der Waals surface area contributed by atoms with Crippen LogP contribution in [0.4, 0.5) is 0 Å². The van der Waals surface area contributed by atoms with E-state index in [2.05, 4.69) is 9.97 Å². The Morgan fingerprint density at radius 3 is 2.79 bits per heavy atom. The highest BCUT2D eigenvalue weighted by Gasteiger charge is 2.06. The molecule has 0 atom stereocenters. The fourth-order valence-corrected chi connectivity index (χ4v) is 1.66. The number of allylic oxidation sites excluding steroid dienone is 1. The fourth-order valence-electron chi connectivity index (χ4n) is 1.66. The highest BCUT2D eigenvalue weighted by molar-refractivity contribution is 5.57. The second-order valence-corrected chi connectivity index (χ2v) is 4.06. The molecule has 19 heavy (non-hydrogen) atoms. The van der Waals surface area contributed by atoms with E-state index in [1.807, 2.05) is 50.3 Å². The van der Waals surface area contributed by atoms with Crippen molar-refractivity contribution in [2.24, 2.45) is 0 Å². The summed E-state index contributed by atoms with van der Waals surface area (Å²) in [5.74, 6) is 0.705. The van der Waals surface area contributed by atoms with Gasteiger partial charge in [-0.3, -0.25) is 0 Å². The van der Waals surface area contributed by atoms with Crippen LogP contribution in [-0.4, -0.2) is 15.1 Å². The number of aliphatic hydroxyl groups is 1. The van der Waals surface area contributed by atoms with Crippen molar-refractivity contribution in [1.82, 2.24) is 9.97 Å². The predicted octanol–water partition coefficient (Wildman–Crippen LogP) is 3.10. The van der Waals surface area contributed by atoms with Gasteiger partial charge < -0.3 is 9.84 Å². The molecule has 0 saturated carbocycles. The van der Waals surface area contributed by atoms with Crippen LogP contribution in [0.5, 0.6) is 11.8 Å². The molecule has 2 rings (SSSR count). The van der Waals surface area contributed by atoms with Gasteiger partial charge in [0.15, 0.2) is 0 Å². The second-order valence-electron chi connectivity index (χ2n) is 4.06.